The van der Waals surface area contributed by atoms with Crippen molar-refractivity contribution in [3.05, 3.63) is 39.3 Å². The van der Waals surface area contributed by atoms with Crippen LogP contribution in [-0.2, 0) is 13.5 Å². The summed E-state index contributed by atoms with van der Waals surface area (Å²) in [6.07, 6.45) is 0.926. The molecule has 0 saturated heterocycles. The SMILES string of the molecule is CNCCc1nc(-c2cc(C)c(C)cc2C)c(Br)n1C. The van der Waals surface area contributed by atoms with Crippen LogP contribution in [0.3, 0.4) is 0 Å². The van der Waals surface area contributed by atoms with E-state index in [4.69, 9.17) is 4.98 Å². The Kier molecular flexibility index (Phi) is 4.66. The summed E-state index contributed by atoms with van der Waals surface area (Å²) in [5, 5.41) is 3.17. The highest BCUT2D eigenvalue weighted by molar-refractivity contribution is 9.10. The van der Waals surface area contributed by atoms with Gasteiger partial charge in [0.25, 0.3) is 0 Å². The lowest BCUT2D eigenvalue weighted by molar-refractivity contribution is 0.713. The second-order valence-corrected chi connectivity index (χ2v) is 6.08. The monoisotopic (exact) mass is 335 g/mol. The summed E-state index contributed by atoms with van der Waals surface area (Å²) in [5.41, 5.74) is 6.16. The lowest BCUT2D eigenvalue weighted by Gasteiger charge is -2.08. The minimum absolute atomic E-state index is 0.926. The minimum atomic E-state index is 0.926. The predicted octanol–water partition coefficient (Wildman–Crippen LogP) is 3.54. The summed E-state index contributed by atoms with van der Waals surface area (Å²) in [5.74, 6) is 1.10. The normalized spacial score (nSPS) is 11.1. The average molecular weight is 336 g/mol. The van der Waals surface area contributed by atoms with Crippen LogP contribution in [0.4, 0.5) is 0 Å². The molecule has 0 radical (unpaired) electrons. The molecule has 1 N–H and O–H groups in total. The number of halogens is 1. The molecule has 1 aromatic carbocycles. The third-order valence-corrected chi connectivity index (χ3v) is 4.72. The maximum absolute atomic E-state index is 4.82. The van der Waals surface area contributed by atoms with Gasteiger partial charge in [0.2, 0.25) is 0 Å². The second-order valence-electron chi connectivity index (χ2n) is 5.33. The Bertz CT molecular complexity index is 629. The molecule has 0 bridgehead atoms. The molecule has 0 amide bonds. The molecule has 0 fully saturated rings. The smallest absolute Gasteiger partial charge is 0.112 e. The molecule has 20 heavy (non-hydrogen) atoms. The van der Waals surface area contributed by atoms with Crippen molar-refractivity contribution in [2.75, 3.05) is 13.6 Å². The van der Waals surface area contributed by atoms with E-state index in [9.17, 15) is 0 Å². The Balaban J connectivity index is 2.50. The minimum Gasteiger partial charge on any atom is -0.325 e. The van der Waals surface area contributed by atoms with Crippen LogP contribution in [0.2, 0.25) is 0 Å². The van der Waals surface area contributed by atoms with E-state index in [0.717, 1.165) is 29.1 Å². The van der Waals surface area contributed by atoms with Crippen LogP contribution in [0.5, 0.6) is 0 Å². The molecule has 0 saturated carbocycles. The molecular weight excluding hydrogens is 314 g/mol. The Labute approximate surface area is 129 Å². The van der Waals surface area contributed by atoms with Crippen molar-refractivity contribution in [2.24, 2.45) is 7.05 Å². The maximum atomic E-state index is 4.82. The van der Waals surface area contributed by atoms with Crippen molar-refractivity contribution in [2.45, 2.75) is 27.2 Å². The summed E-state index contributed by atoms with van der Waals surface area (Å²) >= 11 is 3.69. The zero-order valence-electron chi connectivity index (χ0n) is 12.8. The highest BCUT2D eigenvalue weighted by Gasteiger charge is 2.16. The van der Waals surface area contributed by atoms with Crippen LogP contribution in [0.15, 0.2) is 16.7 Å². The van der Waals surface area contributed by atoms with Crippen LogP contribution >= 0.6 is 15.9 Å². The first kappa shape index (κ1) is 15.3. The van der Waals surface area contributed by atoms with Crippen molar-refractivity contribution in [3.63, 3.8) is 0 Å². The van der Waals surface area contributed by atoms with Gasteiger partial charge in [-0.1, -0.05) is 6.07 Å². The van der Waals surface area contributed by atoms with E-state index in [2.05, 4.69) is 65.8 Å². The van der Waals surface area contributed by atoms with E-state index in [1.165, 1.54) is 22.3 Å². The van der Waals surface area contributed by atoms with E-state index in [1.54, 1.807) is 0 Å². The largest absolute Gasteiger partial charge is 0.325 e. The molecule has 2 aromatic rings. The number of likely N-dealkylation sites (N-methyl/N-ethyl adjacent to an activating group) is 1. The Morgan fingerprint density at radius 2 is 1.80 bits per heavy atom. The molecule has 0 spiro atoms. The fraction of sp³-hybridized carbons (Fsp3) is 0.438. The van der Waals surface area contributed by atoms with Gasteiger partial charge in [-0.2, -0.15) is 0 Å². The van der Waals surface area contributed by atoms with Crippen LogP contribution in [0.1, 0.15) is 22.5 Å². The number of aromatic nitrogens is 2. The molecule has 3 nitrogen and oxygen atoms in total. The standard InChI is InChI=1S/C16H22BrN3/c1-10-8-12(3)13(9-11(10)2)15-16(17)20(5)14(19-15)6-7-18-4/h8-9,18H,6-7H2,1-5H3. The van der Waals surface area contributed by atoms with E-state index in [-0.39, 0.29) is 0 Å². The molecule has 4 heteroatoms. The quantitative estimate of drug-likeness (QED) is 0.926. The average Bonchev–Trinajstić information content (AvgIpc) is 2.68. The summed E-state index contributed by atoms with van der Waals surface area (Å²) in [6, 6.07) is 4.47. The molecule has 108 valence electrons. The Morgan fingerprint density at radius 3 is 2.45 bits per heavy atom. The number of hydrogen-bond donors (Lipinski definition) is 1. The molecular formula is C16H22BrN3. The molecule has 1 heterocycles. The zero-order chi connectivity index (χ0) is 14.9. The van der Waals surface area contributed by atoms with Gasteiger partial charge in [-0.05, 0) is 66.5 Å². The fourth-order valence-corrected chi connectivity index (χ4v) is 2.88. The van der Waals surface area contributed by atoms with Gasteiger partial charge in [0.05, 0.1) is 0 Å². The number of nitrogens with one attached hydrogen (secondary N) is 1. The highest BCUT2D eigenvalue weighted by atomic mass is 79.9. The van der Waals surface area contributed by atoms with Crippen LogP contribution in [-0.4, -0.2) is 23.1 Å². The third-order valence-electron chi connectivity index (χ3n) is 3.81. The van der Waals surface area contributed by atoms with Gasteiger partial charge in [0.1, 0.15) is 16.1 Å². The highest BCUT2D eigenvalue weighted by Crippen LogP contribution is 2.32. The van der Waals surface area contributed by atoms with Gasteiger partial charge >= 0.3 is 0 Å². The number of aryl methyl sites for hydroxylation is 3. The summed E-state index contributed by atoms with van der Waals surface area (Å²) in [7, 11) is 4.02. The van der Waals surface area contributed by atoms with Crippen LogP contribution in [0.25, 0.3) is 11.3 Å². The van der Waals surface area contributed by atoms with Crippen molar-refractivity contribution in [1.82, 2.24) is 14.9 Å². The van der Waals surface area contributed by atoms with Gasteiger partial charge in [0, 0.05) is 25.6 Å². The second kappa shape index (κ2) is 6.10. The van der Waals surface area contributed by atoms with Crippen molar-refractivity contribution in [1.29, 1.82) is 0 Å². The van der Waals surface area contributed by atoms with E-state index in [0.29, 0.717) is 0 Å². The maximum Gasteiger partial charge on any atom is 0.112 e. The molecule has 0 aliphatic rings. The first-order valence-electron chi connectivity index (χ1n) is 6.89. The van der Waals surface area contributed by atoms with Crippen molar-refractivity contribution >= 4 is 15.9 Å². The van der Waals surface area contributed by atoms with Crippen molar-refractivity contribution < 1.29 is 0 Å². The molecule has 2 rings (SSSR count). The van der Waals surface area contributed by atoms with Crippen molar-refractivity contribution in [3.8, 4) is 11.3 Å². The van der Waals surface area contributed by atoms with E-state index in [1.807, 2.05) is 7.05 Å². The first-order chi connectivity index (χ1) is 9.45. The van der Waals surface area contributed by atoms with E-state index < -0.39 is 0 Å². The molecule has 0 aliphatic carbocycles. The van der Waals surface area contributed by atoms with Gasteiger partial charge in [-0.15, -0.1) is 0 Å². The topological polar surface area (TPSA) is 29.9 Å². The van der Waals surface area contributed by atoms with Crippen LogP contribution < -0.4 is 5.32 Å². The number of benzene rings is 1. The fourth-order valence-electron chi connectivity index (χ4n) is 2.37. The van der Waals surface area contributed by atoms with E-state index >= 15 is 0 Å². The van der Waals surface area contributed by atoms with Crippen LogP contribution in [0, 0.1) is 20.8 Å². The summed E-state index contributed by atoms with van der Waals surface area (Å²) in [4.78, 5) is 4.82. The van der Waals surface area contributed by atoms with Gasteiger partial charge < -0.3 is 9.88 Å². The Hall–Kier alpha value is -1.13. The number of rotatable bonds is 4. The molecule has 0 unspecified atom stereocenters. The van der Waals surface area contributed by atoms with Gasteiger partial charge in [0.15, 0.2) is 0 Å². The van der Waals surface area contributed by atoms with Gasteiger partial charge in [-0.3, -0.25) is 0 Å². The number of nitrogens with zero attached hydrogens (tertiary/aromatic N) is 2. The number of hydrogen-bond acceptors (Lipinski definition) is 2. The summed E-state index contributed by atoms with van der Waals surface area (Å²) in [6.45, 7) is 7.38. The molecule has 0 atom stereocenters. The summed E-state index contributed by atoms with van der Waals surface area (Å²) < 4.78 is 3.18. The van der Waals surface area contributed by atoms with Gasteiger partial charge in [-0.25, -0.2) is 4.98 Å². The molecule has 0 aliphatic heterocycles. The number of imidazole rings is 1. The third kappa shape index (κ3) is 2.81. The zero-order valence-corrected chi connectivity index (χ0v) is 14.4. The predicted molar refractivity (Wildman–Crippen MR) is 88.2 cm³/mol. The molecule has 1 aromatic heterocycles. The lowest BCUT2D eigenvalue weighted by Crippen LogP contribution is -2.13. The Morgan fingerprint density at radius 1 is 1.15 bits per heavy atom. The lowest BCUT2D eigenvalue weighted by atomic mass is 9.99. The first-order valence-corrected chi connectivity index (χ1v) is 7.69.